The Hall–Kier alpha value is -0.460. The minimum atomic E-state index is -0.349. The van der Waals surface area contributed by atoms with E-state index in [1.165, 1.54) is 23.5 Å². The van der Waals surface area contributed by atoms with Gasteiger partial charge >= 0.3 is 0 Å². The number of hydrogen-bond acceptors (Lipinski definition) is 2. The summed E-state index contributed by atoms with van der Waals surface area (Å²) in [7, 11) is 0. The maximum Gasteiger partial charge on any atom is 0.261 e. The smallest absolute Gasteiger partial charge is 0.261 e. The minimum Gasteiger partial charge on any atom is -0.344 e. The summed E-state index contributed by atoms with van der Waals surface area (Å²) in [5, 5.41) is 5.15. The zero-order valence-corrected chi connectivity index (χ0v) is 14.2. The summed E-state index contributed by atoms with van der Waals surface area (Å²) in [5.74, 6) is -0.421. The van der Waals surface area contributed by atoms with E-state index >= 15 is 0 Å². The molecule has 0 unspecified atom stereocenters. The third-order valence-corrected chi connectivity index (χ3v) is 6.28. The number of carbonyl (C=O) groups excluding carboxylic acids is 1. The summed E-state index contributed by atoms with van der Waals surface area (Å²) in [5.41, 5.74) is -0.349. The number of rotatable bonds is 4. The number of nitrogens with one attached hydrogen (secondary N) is 1. The van der Waals surface area contributed by atoms with Gasteiger partial charge in [0.15, 0.2) is 0 Å². The van der Waals surface area contributed by atoms with Crippen LogP contribution in [-0.4, -0.2) is 22.1 Å². The highest BCUT2D eigenvalue weighted by atomic mass is 79.9. The lowest BCUT2D eigenvalue weighted by Gasteiger charge is -2.25. The molecule has 2 nitrogen and oxygen atoms in total. The monoisotopic (exact) mass is 407 g/mol. The van der Waals surface area contributed by atoms with Crippen LogP contribution >= 0.6 is 43.2 Å². The lowest BCUT2D eigenvalue weighted by molar-refractivity contribution is 0.0927. The highest BCUT2D eigenvalue weighted by Gasteiger charge is 2.25. The van der Waals surface area contributed by atoms with E-state index in [2.05, 4.69) is 37.2 Å². The van der Waals surface area contributed by atoms with E-state index in [9.17, 15) is 9.18 Å². The fraction of sp³-hybridized carbons (Fsp3) is 0.308. The molecule has 0 spiro atoms. The summed E-state index contributed by atoms with van der Waals surface area (Å²) in [6.07, 6.45) is 0. The highest BCUT2D eigenvalue weighted by molar-refractivity contribution is 9.09. The number of benzene rings is 1. The number of halogens is 3. The quantitative estimate of drug-likeness (QED) is 0.750. The molecule has 0 saturated carbocycles. The first-order valence-electron chi connectivity index (χ1n) is 5.61. The average Bonchev–Trinajstić information content (AvgIpc) is 2.81. The Morgan fingerprint density at radius 1 is 1.37 bits per heavy atom. The first-order valence-corrected chi connectivity index (χ1v) is 8.67. The molecule has 102 valence electrons. The fourth-order valence-corrected chi connectivity index (χ4v) is 3.75. The van der Waals surface area contributed by atoms with Gasteiger partial charge < -0.3 is 5.32 Å². The van der Waals surface area contributed by atoms with Crippen LogP contribution in [0.3, 0.4) is 0 Å². The van der Waals surface area contributed by atoms with Crippen LogP contribution < -0.4 is 5.32 Å². The van der Waals surface area contributed by atoms with Crippen LogP contribution in [0.1, 0.15) is 16.6 Å². The van der Waals surface area contributed by atoms with Crippen molar-refractivity contribution in [3.8, 4) is 0 Å². The second kappa shape index (κ2) is 5.89. The Balaban J connectivity index is 2.27. The second-order valence-electron chi connectivity index (χ2n) is 4.57. The van der Waals surface area contributed by atoms with Crippen molar-refractivity contribution in [1.82, 2.24) is 5.32 Å². The van der Waals surface area contributed by atoms with Crippen molar-refractivity contribution in [3.63, 3.8) is 0 Å². The van der Waals surface area contributed by atoms with Gasteiger partial charge in [-0.15, -0.1) is 11.3 Å². The van der Waals surface area contributed by atoms with E-state index in [1.807, 2.05) is 6.92 Å². The van der Waals surface area contributed by atoms with Gasteiger partial charge in [0.05, 0.1) is 10.4 Å². The van der Waals surface area contributed by atoms with E-state index in [-0.39, 0.29) is 17.3 Å². The number of fused-ring (bicyclic) bond motifs is 1. The van der Waals surface area contributed by atoms with Crippen molar-refractivity contribution < 1.29 is 9.18 Å². The molecular formula is C13H12Br2FNOS. The molecule has 2 aromatic rings. The summed E-state index contributed by atoms with van der Waals surface area (Å²) in [4.78, 5) is 12.8. The fourth-order valence-electron chi connectivity index (χ4n) is 1.56. The number of thiophene rings is 1. The predicted octanol–water partition coefficient (Wildman–Crippen LogP) is 4.32. The summed E-state index contributed by atoms with van der Waals surface area (Å²) in [6.45, 7) is 1.95. The standard InChI is InChI=1S/C13H12Br2FNOS/c1-13(6-14,7-15)17-12(18)11-4-8-2-3-9(16)5-10(8)19-11/h2-5H,6-7H2,1H3,(H,17,18). The first kappa shape index (κ1) is 14.9. The van der Waals surface area contributed by atoms with Crippen molar-refractivity contribution in [2.24, 2.45) is 0 Å². The van der Waals surface area contributed by atoms with Gasteiger partial charge in [0, 0.05) is 15.4 Å². The van der Waals surface area contributed by atoms with Crippen molar-refractivity contribution in [2.45, 2.75) is 12.5 Å². The number of alkyl halides is 2. The lowest BCUT2D eigenvalue weighted by atomic mass is 10.1. The summed E-state index contributed by atoms with van der Waals surface area (Å²) >= 11 is 8.07. The molecule has 1 heterocycles. The molecule has 0 bridgehead atoms. The Morgan fingerprint density at radius 3 is 2.68 bits per heavy atom. The molecule has 0 fully saturated rings. The van der Waals surface area contributed by atoms with Crippen LogP contribution in [0.2, 0.25) is 0 Å². The summed E-state index contributed by atoms with van der Waals surface area (Å²) in [6, 6.07) is 6.33. The molecule has 0 aliphatic carbocycles. The molecular weight excluding hydrogens is 397 g/mol. The Morgan fingerprint density at radius 2 is 2.05 bits per heavy atom. The lowest BCUT2D eigenvalue weighted by Crippen LogP contribution is -2.48. The largest absolute Gasteiger partial charge is 0.344 e. The minimum absolute atomic E-state index is 0.136. The normalized spacial score (nSPS) is 11.8. The Bertz CT molecular complexity index is 610. The Kier molecular flexibility index (Phi) is 4.63. The van der Waals surface area contributed by atoms with Crippen molar-refractivity contribution in [1.29, 1.82) is 0 Å². The topological polar surface area (TPSA) is 29.1 Å². The van der Waals surface area contributed by atoms with Crippen molar-refractivity contribution in [2.75, 3.05) is 10.7 Å². The Labute approximate surface area is 131 Å². The number of hydrogen-bond donors (Lipinski definition) is 1. The predicted molar refractivity (Wildman–Crippen MR) is 85.2 cm³/mol. The highest BCUT2D eigenvalue weighted by Crippen LogP contribution is 2.27. The van der Waals surface area contributed by atoms with Crippen LogP contribution in [0.5, 0.6) is 0 Å². The van der Waals surface area contributed by atoms with Crippen molar-refractivity contribution in [3.05, 3.63) is 35.0 Å². The van der Waals surface area contributed by atoms with E-state index in [0.717, 1.165) is 10.1 Å². The maximum atomic E-state index is 13.1. The van der Waals surface area contributed by atoms with Crippen LogP contribution in [0.4, 0.5) is 4.39 Å². The van der Waals surface area contributed by atoms with Gasteiger partial charge in [0.25, 0.3) is 5.91 Å². The third-order valence-electron chi connectivity index (χ3n) is 2.71. The van der Waals surface area contributed by atoms with Gasteiger partial charge in [-0.2, -0.15) is 0 Å². The van der Waals surface area contributed by atoms with Gasteiger partial charge in [-0.05, 0) is 30.5 Å². The zero-order chi connectivity index (χ0) is 14.0. The van der Waals surface area contributed by atoms with Gasteiger partial charge in [-0.25, -0.2) is 4.39 Å². The molecule has 19 heavy (non-hydrogen) atoms. The molecule has 2 rings (SSSR count). The van der Waals surface area contributed by atoms with Gasteiger partial charge in [0.2, 0.25) is 0 Å². The van der Waals surface area contributed by atoms with Gasteiger partial charge in [-0.1, -0.05) is 37.9 Å². The van der Waals surface area contributed by atoms with E-state index < -0.39 is 0 Å². The molecule has 0 aliphatic heterocycles. The van der Waals surface area contributed by atoms with E-state index in [0.29, 0.717) is 15.5 Å². The maximum absolute atomic E-state index is 13.1. The van der Waals surface area contributed by atoms with Crippen LogP contribution in [0.15, 0.2) is 24.3 Å². The SMILES string of the molecule is CC(CBr)(CBr)NC(=O)c1cc2ccc(F)cc2s1. The van der Waals surface area contributed by atoms with Crippen LogP contribution in [-0.2, 0) is 0 Å². The van der Waals surface area contributed by atoms with Gasteiger partial charge in [-0.3, -0.25) is 4.79 Å². The first-order chi connectivity index (χ1) is 8.97. The summed E-state index contributed by atoms with van der Waals surface area (Å²) < 4.78 is 13.9. The molecule has 1 N–H and O–H groups in total. The number of carbonyl (C=O) groups is 1. The third kappa shape index (κ3) is 3.35. The number of amides is 1. The molecule has 1 aromatic carbocycles. The van der Waals surface area contributed by atoms with Crippen molar-refractivity contribution >= 4 is 59.2 Å². The molecule has 0 saturated heterocycles. The molecule has 1 amide bonds. The van der Waals surface area contributed by atoms with Gasteiger partial charge in [0.1, 0.15) is 5.82 Å². The average molecular weight is 409 g/mol. The van der Waals surface area contributed by atoms with E-state index in [4.69, 9.17) is 0 Å². The molecule has 0 atom stereocenters. The molecule has 1 aromatic heterocycles. The van der Waals surface area contributed by atoms with E-state index in [1.54, 1.807) is 12.1 Å². The molecule has 0 aliphatic rings. The molecule has 6 heteroatoms. The second-order valence-corrected chi connectivity index (χ2v) is 6.78. The molecule has 0 radical (unpaired) electrons. The zero-order valence-electron chi connectivity index (χ0n) is 10.2. The van der Waals surface area contributed by atoms with Crippen LogP contribution in [0.25, 0.3) is 10.1 Å². The van der Waals surface area contributed by atoms with Crippen LogP contribution in [0, 0.1) is 5.82 Å².